The largest absolute Gasteiger partial charge is 0.481 e. The van der Waals surface area contributed by atoms with Crippen molar-refractivity contribution in [3.8, 4) is 0 Å². The highest BCUT2D eigenvalue weighted by molar-refractivity contribution is 5.96. The SMILES string of the molecule is CNC(=O)NC(=O)C(C)N(C)CC(C)C(=O)O. The zero-order chi connectivity index (χ0) is 13.6. The second-order valence-electron chi connectivity index (χ2n) is 3.92. The molecule has 0 saturated heterocycles. The van der Waals surface area contributed by atoms with Crippen molar-refractivity contribution in [2.45, 2.75) is 19.9 Å². The summed E-state index contributed by atoms with van der Waals surface area (Å²) in [6.07, 6.45) is 0. The maximum atomic E-state index is 11.5. The third-order valence-corrected chi connectivity index (χ3v) is 2.49. The minimum atomic E-state index is -0.921. The van der Waals surface area contributed by atoms with E-state index in [1.165, 1.54) is 7.05 Å². The van der Waals surface area contributed by atoms with Crippen LogP contribution < -0.4 is 10.6 Å². The van der Waals surface area contributed by atoms with E-state index in [2.05, 4.69) is 10.6 Å². The van der Waals surface area contributed by atoms with Gasteiger partial charge in [-0.2, -0.15) is 0 Å². The van der Waals surface area contributed by atoms with E-state index in [9.17, 15) is 14.4 Å². The molecule has 3 amide bonds. The van der Waals surface area contributed by atoms with Crippen LogP contribution in [-0.2, 0) is 9.59 Å². The van der Waals surface area contributed by atoms with E-state index in [4.69, 9.17) is 5.11 Å². The summed E-state index contributed by atoms with van der Waals surface area (Å²) in [6.45, 7) is 3.40. The Balaban J connectivity index is 4.29. The maximum Gasteiger partial charge on any atom is 0.321 e. The lowest BCUT2D eigenvalue weighted by Gasteiger charge is -2.24. The number of carboxylic acids is 1. The molecule has 0 aliphatic carbocycles. The third-order valence-electron chi connectivity index (χ3n) is 2.49. The van der Waals surface area contributed by atoms with Crippen molar-refractivity contribution >= 4 is 17.9 Å². The number of imide groups is 1. The number of urea groups is 1. The number of rotatable bonds is 5. The summed E-state index contributed by atoms with van der Waals surface area (Å²) >= 11 is 0. The van der Waals surface area contributed by atoms with Crippen molar-refractivity contribution in [1.29, 1.82) is 0 Å². The van der Waals surface area contributed by atoms with Crippen LogP contribution >= 0.6 is 0 Å². The fourth-order valence-electron chi connectivity index (χ4n) is 1.15. The van der Waals surface area contributed by atoms with Gasteiger partial charge in [-0.1, -0.05) is 6.92 Å². The number of amides is 3. The average Bonchev–Trinajstić information content (AvgIpc) is 2.27. The number of hydrogen-bond acceptors (Lipinski definition) is 4. The van der Waals surface area contributed by atoms with Gasteiger partial charge < -0.3 is 10.4 Å². The summed E-state index contributed by atoms with van der Waals surface area (Å²) in [6, 6.07) is -1.16. The van der Waals surface area contributed by atoms with Gasteiger partial charge >= 0.3 is 12.0 Å². The van der Waals surface area contributed by atoms with Crippen molar-refractivity contribution in [2.75, 3.05) is 20.6 Å². The Morgan fingerprint density at radius 3 is 2.24 bits per heavy atom. The van der Waals surface area contributed by atoms with Crippen LogP contribution in [0.2, 0.25) is 0 Å². The monoisotopic (exact) mass is 245 g/mol. The van der Waals surface area contributed by atoms with Crippen LogP contribution in [0.25, 0.3) is 0 Å². The fourth-order valence-corrected chi connectivity index (χ4v) is 1.15. The molecule has 7 heteroatoms. The predicted octanol–water partition coefficient (Wildman–Crippen LogP) is -0.517. The Morgan fingerprint density at radius 2 is 1.82 bits per heavy atom. The lowest BCUT2D eigenvalue weighted by Crippen LogP contribution is -2.49. The molecule has 7 nitrogen and oxygen atoms in total. The predicted molar refractivity (Wildman–Crippen MR) is 61.5 cm³/mol. The molecule has 0 radical (unpaired) electrons. The van der Waals surface area contributed by atoms with Gasteiger partial charge in [-0.15, -0.1) is 0 Å². The van der Waals surface area contributed by atoms with Crippen LogP contribution in [0.4, 0.5) is 4.79 Å². The van der Waals surface area contributed by atoms with Gasteiger partial charge in [0.1, 0.15) is 0 Å². The Hall–Kier alpha value is -1.63. The first-order valence-corrected chi connectivity index (χ1v) is 5.25. The molecule has 0 aromatic carbocycles. The standard InChI is InChI=1S/C10H19N3O4/c1-6(9(15)16)5-13(4)7(2)8(14)12-10(17)11-3/h6-7H,5H2,1-4H3,(H,15,16)(H2,11,12,14,17). The highest BCUT2D eigenvalue weighted by atomic mass is 16.4. The minimum Gasteiger partial charge on any atom is -0.481 e. The molecule has 0 bridgehead atoms. The number of nitrogens with zero attached hydrogens (tertiary/aromatic N) is 1. The van der Waals surface area contributed by atoms with E-state index in [1.54, 1.807) is 25.8 Å². The van der Waals surface area contributed by atoms with Crippen molar-refractivity contribution in [1.82, 2.24) is 15.5 Å². The molecule has 17 heavy (non-hydrogen) atoms. The molecule has 0 fully saturated rings. The van der Waals surface area contributed by atoms with E-state index < -0.39 is 29.9 Å². The van der Waals surface area contributed by atoms with Crippen LogP contribution in [-0.4, -0.2) is 54.6 Å². The van der Waals surface area contributed by atoms with Gasteiger partial charge in [0, 0.05) is 13.6 Å². The molecule has 2 unspecified atom stereocenters. The van der Waals surface area contributed by atoms with Gasteiger partial charge in [0.15, 0.2) is 0 Å². The van der Waals surface area contributed by atoms with E-state index in [0.29, 0.717) is 0 Å². The minimum absolute atomic E-state index is 0.234. The number of aliphatic carboxylic acids is 1. The molecule has 0 heterocycles. The van der Waals surface area contributed by atoms with Crippen LogP contribution in [0.1, 0.15) is 13.8 Å². The Bertz CT molecular complexity index is 306. The molecule has 2 atom stereocenters. The molecule has 0 spiro atoms. The van der Waals surface area contributed by atoms with Gasteiger partial charge in [-0.05, 0) is 14.0 Å². The molecule has 0 aliphatic heterocycles. The summed E-state index contributed by atoms with van der Waals surface area (Å²) in [4.78, 5) is 34.7. The van der Waals surface area contributed by atoms with Gasteiger partial charge in [0.25, 0.3) is 0 Å². The zero-order valence-corrected chi connectivity index (χ0v) is 10.5. The van der Waals surface area contributed by atoms with Gasteiger partial charge in [-0.3, -0.25) is 19.8 Å². The molecule has 0 aromatic rings. The first-order valence-electron chi connectivity index (χ1n) is 5.25. The van der Waals surface area contributed by atoms with Crippen LogP contribution in [0.5, 0.6) is 0 Å². The molecule has 0 aliphatic rings. The van der Waals surface area contributed by atoms with E-state index in [0.717, 1.165) is 0 Å². The topological polar surface area (TPSA) is 98.7 Å². The summed E-state index contributed by atoms with van der Waals surface area (Å²) in [5, 5.41) is 13.1. The summed E-state index contributed by atoms with van der Waals surface area (Å²) in [5.74, 6) is -1.96. The molecule has 0 aromatic heterocycles. The highest BCUT2D eigenvalue weighted by Gasteiger charge is 2.23. The van der Waals surface area contributed by atoms with Crippen molar-refractivity contribution in [3.05, 3.63) is 0 Å². The lowest BCUT2D eigenvalue weighted by atomic mass is 10.1. The van der Waals surface area contributed by atoms with Crippen LogP contribution in [0.15, 0.2) is 0 Å². The third kappa shape index (κ3) is 5.30. The number of carbonyl (C=O) groups excluding carboxylic acids is 2. The fraction of sp³-hybridized carbons (Fsp3) is 0.700. The normalized spacial score (nSPS) is 13.9. The number of hydrogen-bond donors (Lipinski definition) is 3. The molecule has 0 rings (SSSR count). The highest BCUT2D eigenvalue weighted by Crippen LogP contribution is 2.02. The second-order valence-corrected chi connectivity index (χ2v) is 3.92. The molecule has 3 N–H and O–H groups in total. The van der Waals surface area contributed by atoms with E-state index in [-0.39, 0.29) is 6.54 Å². The zero-order valence-electron chi connectivity index (χ0n) is 10.5. The first kappa shape index (κ1) is 15.4. The second kappa shape index (κ2) is 6.85. The Morgan fingerprint density at radius 1 is 1.29 bits per heavy atom. The number of nitrogens with one attached hydrogen (secondary N) is 2. The van der Waals surface area contributed by atoms with Gasteiger partial charge in [0.05, 0.1) is 12.0 Å². The lowest BCUT2D eigenvalue weighted by molar-refractivity contribution is -0.142. The van der Waals surface area contributed by atoms with E-state index in [1.807, 2.05) is 0 Å². The van der Waals surface area contributed by atoms with Crippen molar-refractivity contribution < 1.29 is 19.5 Å². The Labute approximate surface area is 100 Å². The molecular weight excluding hydrogens is 226 g/mol. The van der Waals surface area contributed by atoms with Crippen LogP contribution in [0.3, 0.4) is 0 Å². The number of likely N-dealkylation sites (N-methyl/N-ethyl adjacent to an activating group) is 1. The Kier molecular flexibility index (Phi) is 6.19. The van der Waals surface area contributed by atoms with Crippen molar-refractivity contribution in [2.24, 2.45) is 5.92 Å². The first-order chi connectivity index (χ1) is 7.79. The summed E-state index contributed by atoms with van der Waals surface area (Å²) < 4.78 is 0. The molecular formula is C10H19N3O4. The summed E-state index contributed by atoms with van der Waals surface area (Å²) in [7, 11) is 3.04. The molecule has 98 valence electrons. The average molecular weight is 245 g/mol. The van der Waals surface area contributed by atoms with E-state index >= 15 is 0 Å². The quantitative estimate of drug-likeness (QED) is 0.605. The van der Waals surface area contributed by atoms with Crippen molar-refractivity contribution in [3.63, 3.8) is 0 Å². The molecule has 0 saturated carbocycles. The smallest absolute Gasteiger partial charge is 0.321 e. The summed E-state index contributed by atoms with van der Waals surface area (Å²) in [5.41, 5.74) is 0. The van der Waals surface area contributed by atoms with Crippen LogP contribution in [0, 0.1) is 5.92 Å². The maximum absolute atomic E-state index is 11.5. The van der Waals surface area contributed by atoms with Gasteiger partial charge in [0.2, 0.25) is 5.91 Å². The number of carboxylic acid groups (broad SMARTS) is 1. The van der Waals surface area contributed by atoms with Gasteiger partial charge in [-0.25, -0.2) is 4.79 Å². The number of carbonyl (C=O) groups is 3.